The number of allylic oxidation sites excluding steroid dienone is 4. The Balaban J connectivity index is 0.000000172. The second-order valence-electron chi connectivity index (χ2n) is 8.58. The van der Waals surface area contributed by atoms with Gasteiger partial charge in [-0.2, -0.15) is 0 Å². The minimum atomic E-state index is -0.517. The minimum absolute atomic E-state index is 0.430. The van der Waals surface area contributed by atoms with Crippen LogP contribution in [0.1, 0.15) is 44.6 Å². The maximum absolute atomic E-state index is 10.3. The first-order valence-electron chi connectivity index (χ1n) is 12.1. The number of para-hydroxylation sites is 1. The second kappa shape index (κ2) is 12.2. The van der Waals surface area contributed by atoms with Crippen molar-refractivity contribution in [3.8, 4) is 5.75 Å². The first-order valence-corrected chi connectivity index (χ1v) is 14.5. The van der Waals surface area contributed by atoms with Crippen LogP contribution in [0.4, 0.5) is 5.69 Å². The molecule has 2 aliphatic rings. The van der Waals surface area contributed by atoms with E-state index in [9.17, 15) is 5.11 Å². The number of hydrogen-bond acceptors (Lipinski definition) is 2. The zero-order chi connectivity index (χ0) is 22.9. The average Bonchev–Trinajstić information content (AvgIpc) is 3.53. The van der Waals surface area contributed by atoms with Gasteiger partial charge in [0.2, 0.25) is 0 Å². The van der Waals surface area contributed by atoms with E-state index in [-0.39, 0.29) is 0 Å². The van der Waals surface area contributed by atoms with Crippen LogP contribution in [0.2, 0.25) is 0 Å². The molecular weight excluding hydrogens is 482 g/mol. The molecule has 1 heterocycles. The van der Waals surface area contributed by atoms with Crippen LogP contribution in [0.5, 0.6) is 5.75 Å². The van der Waals surface area contributed by atoms with Gasteiger partial charge in [-0.05, 0) is 42.9 Å². The molecule has 0 bridgehead atoms. The van der Waals surface area contributed by atoms with Crippen molar-refractivity contribution < 1.29 is 28.3 Å². The van der Waals surface area contributed by atoms with Crippen LogP contribution in [0.3, 0.4) is 0 Å². The van der Waals surface area contributed by atoms with Crippen molar-refractivity contribution >= 4 is 17.8 Å². The SMILES string of the molecule is CCCC1=C(c2cccc(O)c2N2CCCC2)CC=C1.c1cc[c]([Zr][c]2ccccc2)cc1. The van der Waals surface area contributed by atoms with Crippen LogP contribution in [0, 0.1) is 0 Å². The Hall–Kier alpha value is -2.38. The molecule has 168 valence electrons. The number of phenolic OH excluding ortho intramolecular Hbond substituents is 1. The fourth-order valence-corrected chi connectivity index (χ4v) is 7.18. The summed E-state index contributed by atoms with van der Waals surface area (Å²) in [6.45, 7) is 4.35. The average molecular weight is 515 g/mol. The van der Waals surface area contributed by atoms with E-state index in [2.05, 4.69) is 90.7 Å². The van der Waals surface area contributed by atoms with E-state index in [1.54, 1.807) is 0 Å². The Morgan fingerprint density at radius 1 is 0.818 bits per heavy atom. The molecule has 3 heteroatoms. The van der Waals surface area contributed by atoms with Crippen LogP contribution in [0.25, 0.3) is 5.57 Å². The van der Waals surface area contributed by atoms with Crippen LogP contribution >= 0.6 is 0 Å². The second-order valence-corrected chi connectivity index (χ2v) is 12.0. The standard InChI is InChI=1S/C18H23NO.2C6H5.Zr/c1-2-7-14-8-5-9-15(14)16-10-6-11-17(20)18(16)19-12-3-4-13-19;2*1-2-4-6-5-3-1;/h5-6,8,10-11,20H,2-4,7,9,12-13H2,1H3;2*1-5H;. The summed E-state index contributed by atoms with van der Waals surface area (Å²) in [5, 5.41) is 10.3. The molecule has 0 amide bonds. The Morgan fingerprint density at radius 3 is 2.06 bits per heavy atom. The van der Waals surface area contributed by atoms with Gasteiger partial charge in [-0.1, -0.05) is 37.6 Å². The van der Waals surface area contributed by atoms with Gasteiger partial charge in [0.1, 0.15) is 5.75 Å². The van der Waals surface area contributed by atoms with Crippen molar-refractivity contribution in [2.75, 3.05) is 18.0 Å². The Morgan fingerprint density at radius 2 is 1.45 bits per heavy atom. The van der Waals surface area contributed by atoms with Gasteiger partial charge in [-0.25, -0.2) is 0 Å². The topological polar surface area (TPSA) is 23.5 Å². The molecule has 3 aromatic rings. The summed E-state index contributed by atoms with van der Waals surface area (Å²) in [6, 6.07) is 27.6. The maximum atomic E-state index is 10.3. The number of anilines is 1. The van der Waals surface area contributed by atoms with Gasteiger partial charge in [-0.3, -0.25) is 0 Å². The predicted octanol–water partition coefficient (Wildman–Crippen LogP) is 6.23. The van der Waals surface area contributed by atoms with E-state index in [1.165, 1.54) is 42.5 Å². The van der Waals surface area contributed by atoms with E-state index in [1.807, 2.05) is 12.1 Å². The van der Waals surface area contributed by atoms with Crippen LogP contribution in [-0.4, -0.2) is 18.2 Å². The first-order chi connectivity index (χ1) is 16.3. The van der Waals surface area contributed by atoms with Crippen LogP contribution < -0.4 is 11.4 Å². The summed E-state index contributed by atoms with van der Waals surface area (Å²) >= 11 is -0.517. The predicted molar refractivity (Wildman–Crippen MR) is 137 cm³/mol. The van der Waals surface area contributed by atoms with E-state index in [4.69, 9.17) is 0 Å². The summed E-state index contributed by atoms with van der Waals surface area (Å²) in [7, 11) is 0. The van der Waals surface area contributed by atoms with Crippen molar-refractivity contribution in [2.24, 2.45) is 0 Å². The number of phenols is 1. The number of hydrogen-bond donors (Lipinski definition) is 1. The number of benzene rings is 3. The molecule has 0 radical (unpaired) electrons. The summed E-state index contributed by atoms with van der Waals surface area (Å²) in [5.74, 6) is 0.430. The fraction of sp³-hybridized carbons (Fsp3) is 0.267. The molecule has 1 aliphatic carbocycles. The number of rotatable bonds is 6. The number of aromatic hydroxyl groups is 1. The van der Waals surface area contributed by atoms with Gasteiger partial charge in [0, 0.05) is 18.7 Å². The normalized spacial score (nSPS) is 14.9. The van der Waals surface area contributed by atoms with Crippen molar-refractivity contribution in [3.05, 3.63) is 102 Å². The van der Waals surface area contributed by atoms with E-state index in [0.29, 0.717) is 5.75 Å². The van der Waals surface area contributed by atoms with Gasteiger partial charge in [0.25, 0.3) is 0 Å². The molecule has 0 saturated carbocycles. The Labute approximate surface area is 210 Å². The third kappa shape index (κ3) is 6.36. The van der Waals surface area contributed by atoms with Crippen molar-refractivity contribution in [2.45, 2.75) is 39.0 Å². The summed E-state index contributed by atoms with van der Waals surface area (Å²) in [4.78, 5) is 2.35. The van der Waals surface area contributed by atoms with Crippen LogP contribution in [-0.2, 0) is 23.2 Å². The van der Waals surface area contributed by atoms with Gasteiger partial charge in [0.15, 0.2) is 0 Å². The van der Waals surface area contributed by atoms with Gasteiger partial charge in [-0.15, -0.1) is 0 Å². The molecule has 1 N–H and O–H groups in total. The third-order valence-electron chi connectivity index (χ3n) is 6.15. The molecule has 0 unspecified atom stereocenters. The van der Waals surface area contributed by atoms with E-state index >= 15 is 0 Å². The molecule has 5 rings (SSSR count). The molecule has 1 aliphatic heterocycles. The molecular formula is C30H33NOZr. The van der Waals surface area contributed by atoms with E-state index < -0.39 is 23.2 Å². The molecule has 1 fully saturated rings. The monoisotopic (exact) mass is 513 g/mol. The quantitative estimate of drug-likeness (QED) is 0.422. The first kappa shape index (κ1) is 23.8. The summed E-state index contributed by atoms with van der Waals surface area (Å²) in [5.41, 5.74) is 5.14. The molecule has 33 heavy (non-hydrogen) atoms. The Bertz CT molecular complexity index is 1050. The summed E-state index contributed by atoms with van der Waals surface area (Å²) < 4.78 is 3.08. The fourth-order valence-electron chi connectivity index (χ4n) is 4.59. The molecule has 0 atom stereocenters. The molecule has 0 aromatic heterocycles. The Kier molecular flexibility index (Phi) is 8.78. The van der Waals surface area contributed by atoms with Crippen molar-refractivity contribution in [1.82, 2.24) is 0 Å². The summed E-state index contributed by atoms with van der Waals surface area (Å²) in [6.07, 6.45) is 10.3. The molecule has 1 saturated heterocycles. The third-order valence-corrected chi connectivity index (χ3v) is 9.20. The number of nitrogens with zero attached hydrogens (tertiary/aromatic N) is 1. The van der Waals surface area contributed by atoms with Gasteiger partial charge >= 0.3 is 90.4 Å². The molecule has 2 nitrogen and oxygen atoms in total. The van der Waals surface area contributed by atoms with Crippen molar-refractivity contribution in [3.63, 3.8) is 0 Å². The zero-order valence-electron chi connectivity index (χ0n) is 19.5. The van der Waals surface area contributed by atoms with Crippen molar-refractivity contribution in [1.29, 1.82) is 0 Å². The van der Waals surface area contributed by atoms with Gasteiger partial charge < -0.3 is 10.0 Å². The molecule has 3 aromatic carbocycles. The molecule has 0 spiro atoms. The van der Waals surface area contributed by atoms with Gasteiger partial charge in [0.05, 0.1) is 5.69 Å². The van der Waals surface area contributed by atoms with E-state index in [0.717, 1.165) is 31.6 Å². The zero-order valence-corrected chi connectivity index (χ0v) is 22.0. The van der Waals surface area contributed by atoms with Crippen LogP contribution in [0.15, 0.2) is 96.6 Å².